The molecule has 1 aliphatic carbocycles. The summed E-state index contributed by atoms with van der Waals surface area (Å²) >= 11 is 0. The van der Waals surface area contributed by atoms with Crippen molar-refractivity contribution in [2.75, 3.05) is 9.80 Å². The van der Waals surface area contributed by atoms with Crippen LogP contribution in [0.15, 0.2) is 133 Å². The lowest BCUT2D eigenvalue weighted by molar-refractivity contribution is 0.398. The Morgan fingerprint density at radius 2 is 0.678 bits per heavy atom. The van der Waals surface area contributed by atoms with Crippen LogP contribution in [-0.4, -0.2) is 15.7 Å². The molecule has 7 rings (SSSR count). The van der Waals surface area contributed by atoms with Crippen molar-refractivity contribution in [1.82, 2.24) is 0 Å². The van der Waals surface area contributed by atoms with Gasteiger partial charge in [-0.3, -0.25) is 0 Å². The molecule has 1 aliphatic rings. The molecule has 0 amide bonds. The number of anilines is 6. The fraction of sp³-hybridized carbons (Fsp3) is 0.345. The Balaban J connectivity index is 1.39. The van der Waals surface area contributed by atoms with Crippen LogP contribution in [0.25, 0.3) is 11.1 Å². The minimum absolute atomic E-state index is 0.119. The molecule has 0 atom stereocenters. The first-order valence-electron chi connectivity index (χ1n) is 22.6. The first-order chi connectivity index (χ1) is 28.8. The summed E-state index contributed by atoms with van der Waals surface area (Å²) in [6.07, 6.45) is 17.7. The third-order valence-electron chi connectivity index (χ3n) is 12.6. The van der Waals surface area contributed by atoms with Crippen LogP contribution in [0, 0.1) is 13.8 Å². The molecule has 0 fully saturated rings. The van der Waals surface area contributed by atoms with Gasteiger partial charge in [0.2, 0.25) is 0 Å². The van der Waals surface area contributed by atoms with Crippen molar-refractivity contribution in [3.05, 3.63) is 156 Å². The van der Waals surface area contributed by atoms with E-state index < -0.39 is 0 Å². The lowest BCUT2D eigenvalue weighted by Crippen LogP contribution is -2.26. The van der Waals surface area contributed by atoms with Crippen molar-refractivity contribution in [3.63, 3.8) is 0 Å². The van der Waals surface area contributed by atoms with Crippen LogP contribution < -0.4 is 20.7 Å². The predicted molar refractivity (Wildman–Crippen MR) is 258 cm³/mol. The number of aryl methyl sites for hydroxylation is 2. The molecule has 6 aromatic rings. The average molecular weight is 773 g/mol. The van der Waals surface area contributed by atoms with E-state index in [9.17, 15) is 0 Å². The first kappa shape index (κ1) is 42.2. The molecule has 0 aliphatic heterocycles. The van der Waals surface area contributed by atoms with Crippen molar-refractivity contribution in [3.8, 4) is 11.1 Å². The fourth-order valence-corrected chi connectivity index (χ4v) is 9.36. The summed E-state index contributed by atoms with van der Waals surface area (Å²) in [4.78, 5) is 4.82. The third kappa shape index (κ3) is 9.75. The minimum atomic E-state index is -0.119. The van der Waals surface area contributed by atoms with Gasteiger partial charge in [0.05, 0.1) is 0 Å². The second kappa shape index (κ2) is 19.9. The van der Waals surface area contributed by atoms with E-state index in [1.165, 1.54) is 122 Å². The van der Waals surface area contributed by atoms with E-state index in [1.54, 1.807) is 0 Å². The van der Waals surface area contributed by atoms with Crippen LogP contribution in [0.4, 0.5) is 34.1 Å². The predicted octanol–water partition coefficient (Wildman–Crippen LogP) is 14.6. The Kier molecular flexibility index (Phi) is 14.2. The highest BCUT2D eigenvalue weighted by atomic mass is 15.1. The molecule has 4 radical (unpaired) electrons. The number of unbranched alkanes of at least 4 members (excludes halogenated alkanes) is 10. The van der Waals surface area contributed by atoms with Crippen molar-refractivity contribution < 1.29 is 0 Å². The molecule has 0 spiro atoms. The quantitative estimate of drug-likeness (QED) is 0.0563. The van der Waals surface area contributed by atoms with Gasteiger partial charge in [0.15, 0.2) is 0 Å². The maximum Gasteiger partial charge on any atom is 0.113 e. The van der Waals surface area contributed by atoms with Gasteiger partial charge in [-0.05, 0) is 122 Å². The zero-order valence-corrected chi connectivity index (χ0v) is 36.2. The van der Waals surface area contributed by atoms with Crippen molar-refractivity contribution in [2.45, 2.75) is 123 Å². The highest BCUT2D eigenvalue weighted by molar-refractivity contribution is 6.32. The first-order valence-corrected chi connectivity index (χ1v) is 22.6. The average Bonchev–Trinajstić information content (AvgIpc) is 3.51. The second-order valence-electron chi connectivity index (χ2n) is 17.1. The molecule has 0 bridgehead atoms. The topological polar surface area (TPSA) is 6.48 Å². The molecule has 2 nitrogen and oxygen atoms in total. The normalized spacial score (nSPS) is 12.6. The molecule has 0 unspecified atom stereocenters. The lowest BCUT2D eigenvalue weighted by Gasteiger charge is -2.35. The van der Waals surface area contributed by atoms with E-state index in [4.69, 9.17) is 15.7 Å². The van der Waals surface area contributed by atoms with Gasteiger partial charge in [-0.15, -0.1) is 0 Å². The summed E-state index contributed by atoms with van der Waals surface area (Å²) in [5, 5.41) is 0. The fourth-order valence-electron chi connectivity index (χ4n) is 9.36. The second-order valence-corrected chi connectivity index (χ2v) is 17.1. The van der Waals surface area contributed by atoms with Gasteiger partial charge in [0.25, 0.3) is 0 Å². The van der Waals surface area contributed by atoms with Gasteiger partial charge in [0.1, 0.15) is 15.7 Å². The number of hydrogen-bond donors (Lipinski definition) is 0. The van der Waals surface area contributed by atoms with Crippen LogP contribution in [0.2, 0.25) is 0 Å². The molecular formula is C55H62B2N2. The summed E-state index contributed by atoms with van der Waals surface area (Å²) in [6.45, 7) is 8.94. The van der Waals surface area contributed by atoms with Gasteiger partial charge in [-0.25, -0.2) is 0 Å². The number of nitrogens with zero attached hydrogens (tertiary/aromatic N) is 2. The van der Waals surface area contributed by atoms with Gasteiger partial charge >= 0.3 is 0 Å². The van der Waals surface area contributed by atoms with E-state index in [1.807, 2.05) is 24.3 Å². The highest BCUT2D eigenvalue weighted by Crippen LogP contribution is 2.57. The Bertz CT molecular complexity index is 1990. The van der Waals surface area contributed by atoms with E-state index in [0.717, 1.165) is 46.5 Å². The van der Waals surface area contributed by atoms with Crippen LogP contribution >= 0.6 is 0 Å². The van der Waals surface area contributed by atoms with Crippen molar-refractivity contribution in [1.29, 1.82) is 0 Å². The van der Waals surface area contributed by atoms with Gasteiger partial charge < -0.3 is 9.80 Å². The summed E-state index contributed by atoms with van der Waals surface area (Å²) < 4.78 is 0. The molecule has 0 aromatic heterocycles. The Labute approximate surface area is 358 Å². The van der Waals surface area contributed by atoms with Gasteiger partial charge in [-0.2, -0.15) is 0 Å². The molecule has 59 heavy (non-hydrogen) atoms. The number of hydrogen-bond acceptors (Lipinski definition) is 2. The van der Waals surface area contributed by atoms with Crippen LogP contribution in [0.5, 0.6) is 0 Å². The van der Waals surface area contributed by atoms with E-state index in [-0.39, 0.29) is 5.41 Å². The van der Waals surface area contributed by atoms with Gasteiger partial charge in [0, 0.05) is 39.5 Å². The molecular weight excluding hydrogens is 710 g/mol. The summed E-state index contributed by atoms with van der Waals surface area (Å²) in [7, 11) is 12.5. The summed E-state index contributed by atoms with van der Waals surface area (Å²) in [5.74, 6) is 0. The maximum atomic E-state index is 6.24. The van der Waals surface area contributed by atoms with Crippen LogP contribution in [0.3, 0.4) is 0 Å². The summed E-state index contributed by atoms with van der Waals surface area (Å²) in [5.41, 5.74) is 16.5. The van der Waals surface area contributed by atoms with Crippen molar-refractivity contribution in [2.24, 2.45) is 0 Å². The maximum absolute atomic E-state index is 6.24. The number of rotatable bonds is 20. The summed E-state index contributed by atoms with van der Waals surface area (Å²) in [6, 6.07) is 49.2. The number of fused-ring (bicyclic) bond motifs is 3. The molecule has 4 heteroatoms. The minimum Gasteiger partial charge on any atom is -0.310 e. The van der Waals surface area contributed by atoms with Crippen LogP contribution in [0.1, 0.15) is 126 Å². The lowest BCUT2D eigenvalue weighted by atomic mass is 9.70. The molecule has 6 aromatic carbocycles. The van der Waals surface area contributed by atoms with E-state index in [2.05, 4.69) is 147 Å². The van der Waals surface area contributed by atoms with Gasteiger partial charge in [-0.1, -0.05) is 174 Å². The SMILES string of the molecule is [B]c1ccc(N(c2ccc(C)cc2)c2ccc3c(c2)C(CCCCCCCC)(CCCCCCCC)c2cc(N(c4ccc([B])cc4)c4ccc(C)cc4)ccc2-3)cc1. The smallest absolute Gasteiger partial charge is 0.113 e. The standard InChI is InChI=1S/C55H62B2N2/c1-5-7-9-11-13-15-37-55(38-16-14-12-10-8-6-2)53-39-49(58(45-25-17-41(3)18-26-45)47-29-21-43(56)22-30-47)33-35-51(53)52-36-34-50(40-54(52)55)59(46-27-19-42(4)20-28-46)48-31-23-44(57)24-32-48/h17-36,39-40H,5-16,37-38H2,1-4H3. The molecule has 0 saturated heterocycles. The molecule has 298 valence electrons. The largest absolute Gasteiger partial charge is 0.310 e. The molecule has 0 saturated carbocycles. The Morgan fingerprint density at radius 1 is 0.373 bits per heavy atom. The zero-order valence-electron chi connectivity index (χ0n) is 36.2. The number of benzene rings is 6. The van der Waals surface area contributed by atoms with Crippen molar-refractivity contribution >= 4 is 60.7 Å². The Hall–Kier alpha value is -4.95. The Morgan fingerprint density at radius 3 is 1.03 bits per heavy atom. The van der Waals surface area contributed by atoms with E-state index in [0.29, 0.717) is 0 Å². The monoisotopic (exact) mass is 773 g/mol. The van der Waals surface area contributed by atoms with Crippen LogP contribution in [-0.2, 0) is 5.41 Å². The molecule has 0 N–H and O–H groups in total. The zero-order chi connectivity index (χ0) is 41.2. The van der Waals surface area contributed by atoms with E-state index >= 15 is 0 Å². The highest BCUT2D eigenvalue weighted by Gasteiger charge is 2.43. The third-order valence-corrected chi connectivity index (χ3v) is 12.6. The molecule has 0 heterocycles.